The van der Waals surface area contributed by atoms with Gasteiger partial charge in [0.2, 0.25) is 11.9 Å². The Morgan fingerprint density at radius 2 is 1.71 bits per heavy atom. The molecule has 10 nitrogen and oxygen atoms in total. The lowest BCUT2D eigenvalue weighted by Gasteiger charge is -2.36. The minimum atomic E-state index is -0.108. The normalized spacial score (nSPS) is 17.2. The van der Waals surface area contributed by atoms with Crippen molar-refractivity contribution in [3.05, 3.63) is 60.8 Å². The first-order chi connectivity index (χ1) is 18.6. The van der Waals surface area contributed by atoms with Crippen LogP contribution in [0.5, 0.6) is 0 Å². The zero-order valence-corrected chi connectivity index (χ0v) is 21.6. The molecule has 38 heavy (non-hydrogen) atoms. The van der Waals surface area contributed by atoms with Gasteiger partial charge in [-0.25, -0.2) is 14.8 Å². The predicted octanol–water partition coefficient (Wildman–Crippen LogP) is 3.43. The van der Waals surface area contributed by atoms with Crippen molar-refractivity contribution in [2.45, 2.75) is 25.8 Å². The van der Waals surface area contributed by atoms with E-state index in [1.54, 1.807) is 6.20 Å². The summed E-state index contributed by atoms with van der Waals surface area (Å²) in [7, 11) is 0. The summed E-state index contributed by atoms with van der Waals surface area (Å²) >= 11 is 0. The van der Waals surface area contributed by atoms with Crippen LogP contribution in [0.1, 0.15) is 19.8 Å². The Balaban J connectivity index is 1.17. The van der Waals surface area contributed by atoms with Gasteiger partial charge in [0.25, 0.3) is 0 Å². The molecule has 2 aromatic carbocycles. The lowest BCUT2D eigenvalue weighted by Crippen LogP contribution is -2.51. The standard InChI is InChI=1S/C28H34N8O2/c1-2-29-28(38)36-18-16-35(17-19-36)23-11-9-22(10-12-23)33-27-31-15-13-24(34-27)20-5-7-21(8-6-20)32-26(37)25-4-3-14-30-25/h5-13,15,25,30H,2-4,14,16-19H2,1H3,(H,29,38)(H,32,37)(H,31,33,34)/t25-/m1/s1. The van der Waals surface area contributed by atoms with E-state index >= 15 is 0 Å². The van der Waals surface area contributed by atoms with Crippen LogP contribution in [0, 0.1) is 0 Å². The first-order valence-electron chi connectivity index (χ1n) is 13.2. The van der Waals surface area contributed by atoms with E-state index in [1.165, 1.54) is 0 Å². The molecule has 2 fully saturated rings. The van der Waals surface area contributed by atoms with Crippen molar-refractivity contribution in [3.63, 3.8) is 0 Å². The molecule has 0 saturated carbocycles. The molecule has 198 valence electrons. The Kier molecular flexibility index (Phi) is 7.98. The van der Waals surface area contributed by atoms with Crippen molar-refractivity contribution in [1.82, 2.24) is 25.5 Å². The number of amides is 3. The van der Waals surface area contributed by atoms with Gasteiger partial charge in [-0.05, 0) is 68.8 Å². The highest BCUT2D eigenvalue weighted by molar-refractivity contribution is 5.95. The molecule has 0 unspecified atom stereocenters. The maximum absolute atomic E-state index is 12.3. The minimum Gasteiger partial charge on any atom is -0.368 e. The number of nitrogens with zero attached hydrogens (tertiary/aromatic N) is 4. The lowest BCUT2D eigenvalue weighted by molar-refractivity contribution is -0.117. The van der Waals surface area contributed by atoms with Gasteiger partial charge in [-0.15, -0.1) is 0 Å². The number of hydrogen-bond acceptors (Lipinski definition) is 7. The highest BCUT2D eigenvalue weighted by atomic mass is 16.2. The molecule has 1 aromatic heterocycles. The Morgan fingerprint density at radius 3 is 2.39 bits per heavy atom. The first-order valence-corrected chi connectivity index (χ1v) is 13.2. The van der Waals surface area contributed by atoms with Gasteiger partial charge >= 0.3 is 6.03 Å². The second-order valence-corrected chi connectivity index (χ2v) is 9.46. The monoisotopic (exact) mass is 514 g/mol. The van der Waals surface area contributed by atoms with E-state index in [0.717, 1.165) is 60.8 Å². The molecule has 0 bridgehead atoms. The largest absolute Gasteiger partial charge is 0.368 e. The Morgan fingerprint density at radius 1 is 0.974 bits per heavy atom. The fourth-order valence-corrected chi connectivity index (χ4v) is 4.76. The van der Waals surface area contributed by atoms with E-state index in [2.05, 4.69) is 48.3 Å². The molecule has 10 heteroatoms. The summed E-state index contributed by atoms with van der Waals surface area (Å²) in [5, 5.41) is 12.3. The van der Waals surface area contributed by atoms with E-state index < -0.39 is 0 Å². The van der Waals surface area contributed by atoms with Crippen molar-refractivity contribution in [2.75, 3.05) is 54.8 Å². The van der Waals surface area contributed by atoms with Crippen LogP contribution in [0.3, 0.4) is 0 Å². The smallest absolute Gasteiger partial charge is 0.317 e. The summed E-state index contributed by atoms with van der Waals surface area (Å²) in [6.45, 7) is 6.48. The summed E-state index contributed by atoms with van der Waals surface area (Å²) < 4.78 is 0. The van der Waals surface area contributed by atoms with Crippen LogP contribution in [0.4, 0.5) is 27.8 Å². The van der Waals surface area contributed by atoms with Crippen molar-refractivity contribution >= 4 is 34.9 Å². The Labute approximate surface area is 222 Å². The highest BCUT2D eigenvalue weighted by Crippen LogP contribution is 2.24. The molecule has 3 amide bonds. The summed E-state index contributed by atoms with van der Waals surface area (Å²) in [6, 6.07) is 17.6. The predicted molar refractivity (Wildman–Crippen MR) is 150 cm³/mol. The molecule has 4 N–H and O–H groups in total. The molecular weight excluding hydrogens is 480 g/mol. The summed E-state index contributed by atoms with van der Waals surface area (Å²) in [5.41, 5.74) is 4.52. The van der Waals surface area contributed by atoms with E-state index in [1.807, 2.05) is 54.3 Å². The fourth-order valence-electron chi connectivity index (χ4n) is 4.76. The van der Waals surface area contributed by atoms with Gasteiger partial charge in [0.05, 0.1) is 11.7 Å². The summed E-state index contributed by atoms with van der Waals surface area (Å²) in [6.07, 6.45) is 3.64. The summed E-state index contributed by atoms with van der Waals surface area (Å²) in [5.74, 6) is 0.520. The van der Waals surface area contributed by atoms with Crippen LogP contribution in [0.2, 0.25) is 0 Å². The van der Waals surface area contributed by atoms with E-state index in [4.69, 9.17) is 0 Å². The number of urea groups is 1. The van der Waals surface area contributed by atoms with Gasteiger partial charge in [0.1, 0.15) is 0 Å². The van der Waals surface area contributed by atoms with Crippen LogP contribution in [-0.2, 0) is 4.79 Å². The van der Waals surface area contributed by atoms with Gasteiger partial charge in [0.15, 0.2) is 0 Å². The van der Waals surface area contributed by atoms with Crippen molar-refractivity contribution in [2.24, 2.45) is 0 Å². The topological polar surface area (TPSA) is 115 Å². The number of hydrogen-bond donors (Lipinski definition) is 4. The second-order valence-electron chi connectivity index (χ2n) is 9.46. The number of benzene rings is 2. The maximum atomic E-state index is 12.3. The number of anilines is 4. The zero-order valence-electron chi connectivity index (χ0n) is 21.6. The number of rotatable bonds is 7. The van der Waals surface area contributed by atoms with Gasteiger partial charge in [0, 0.05) is 61.5 Å². The molecule has 3 aromatic rings. The molecule has 0 aliphatic carbocycles. The number of carbonyl (C=O) groups excluding carboxylic acids is 2. The fraction of sp³-hybridized carbons (Fsp3) is 0.357. The molecule has 2 aliphatic heterocycles. The van der Waals surface area contributed by atoms with Crippen LogP contribution in [0.15, 0.2) is 60.8 Å². The van der Waals surface area contributed by atoms with E-state index in [0.29, 0.717) is 25.6 Å². The molecule has 2 saturated heterocycles. The van der Waals surface area contributed by atoms with Crippen LogP contribution in [-0.4, -0.2) is 72.1 Å². The zero-order chi connectivity index (χ0) is 26.3. The third kappa shape index (κ3) is 6.20. The SMILES string of the molecule is CCNC(=O)N1CCN(c2ccc(Nc3nccc(-c4ccc(NC(=O)[C@H]5CCCN5)cc4)n3)cc2)CC1. The van der Waals surface area contributed by atoms with Crippen LogP contribution >= 0.6 is 0 Å². The molecule has 2 aliphatic rings. The average molecular weight is 515 g/mol. The average Bonchev–Trinajstić information content (AvgIpc) is 3.50. The third-order valence-corrected chi connectivity index (χ3v) is 6.86. The molecular formula is C28H34N8O2. The first kappa shape index (κ1) is 25.5. The number of nitrogens with one attached hydrogen (secondary N) is 4. The van der Waals surface area contributed by atoms with Crippen molar-refractivity contribution in [3.8, 4) is 11.3 Å². The van der Waals surface area contributed by atoms with Crippen molar-refractivity contribution < 1.29 is 9.59 Å². The molecule has 5 rings (SSSR count). The lowest BCUT2D eigenvalue weighted by atomic mass is 10.1. The van der Waals surface area contributed by atoms with E-state index in [-0.39, 0.29) is 18.0 Å². The van der Waals surface area contributed by atoms with Gasteiger partial charge in [-0.3, -0.25) is 4.79 Å². The Hall–Kier alpha value is -4.18. The van der Waals surface area contributed by atoms with Crippen LogP contribution in [0.25, 0.3) is 11.3 Å². The van der Waals surface area contributed by atoms with Gasteiger partial charge < -0.3 is 31.1 Å². The minimum absolute atomic E-state index is 0.00788. The van der Waals surface area contributed by atoms with Gasteiger partial charge in [-0.2, -0.15) is 0 Å². The number of aromatic nitrogens is 2. The summed E-state index contributed by atoms with van der Waals surface area (Å²) in [4.78, 5) is 37.6. The van der Waals surface area contributed by atoms with E-state index in [9.17, 15) is 9.59 Å². The molecule has 3 heterocycles. The van der Waals surface area contributed by atoms with Crippen LogP contribution < -0.4 is 26.2 Å². The van der Waals surface area contributed by atoms with Gasteiger partial charge in [-0.1, -0.05) is 12.1 Å². The quantitative estimate of drug-likeness (QED) is 0.382. The van der Waals surface area contributed by atoms with Crippen molar-refractivity contribution in [1.29, 1.82) is 0 Å². The Bertz CT molecular complexity index is 1230. The maximum Gasteiger partial charge on any atom is 0.317 e. The third-order valence-electron chi connectivity index (χ3n) is 6.86. The number of carbonyl (C=O) groups is 2. The highest BCUT2D eigenvalue weighted by Gasteiger charge is 2.22. The molecule has 0 radical (unpaired) electrons. The second kappa shape index (κ2) is 11.9. The molecule has 0 spiro atoms. The number of piperazine rings is 1. The molecule has 1 atom stereocenters.